The SMILES string of the molecule is CC(=O)N[C@@H](CS)C(=O)O.CC(=O)N[C@@H](CS)C(=O)O.[Fe]. The van der Waals surface area contributed by atoms with Crippen molar-refractivity contribution >= 4 is 49.0 Å². The average Bonchev–Trinajstić information content (AvgIpc) is 2.32. The van der Waals surface area contributed by atoms with Crippen LogP contribution in [0.4, 0.5) is 0 Å². The van der Waals surface area contributed by atoms with Crippen LogP contribution in [0.15, 0.2) is 0 Å². The molecule has 21 heavy (non-hydrogen) atoms. The predicted octanol–water partition coefficient (Wildman–Crippen LogP) is -0.991. The number of hydrogen-bond donors (Lipinski definition) is 6. The summed E-state index contributed by atoms with van der Waals surface area (Å²) in [6.45, 7) is 2.53. The Morgan fingerprint density at radius 3 is 1.14 bits per heavy atom. The van der Waals surface area contributed by atoms with Crippen LogP contribution in [-0.4, -0.2) is 57.6 Å². The Kier molecular flexibility index (Phi) is 16.8. The Hall–Kier alpha value is -0.901. The molecule has 0 spiro atoms. The number of nitrogens with one attached hydrogen (secondary N) is 2. The van der Waals surface area contributed by atoms with Gasteiger partial charge in [0.25, 0.3) is 0 Å². The number of thiol groups is 2. The fraction of sp³-hybridized carbons (Fsp3) is 0.600. The van der Waals surface area contributed by atoms with Gasteiger partial charge >= 0.3 is 11.9 Å². The quantitative estimate of drug-likeness (QED) is 0.258. The van der Waals surface area contributed by atoms with E-state index in [0.29, 0.717) is 0 Å². The minimum atomic E-state index is -1.06. The minimum Gasteiger partial charge on any atom is -0.480 e. The van der Waals surface area contributed by atoms with Crippen molar-refractivity contribution in [1.82, 2.24) is 10.6 Å². The molecule has 0 radical (unpaired) electrons. The van der Waals surface area contributed by atoms with Gasteiger partial charge in [0.15, 0.2) is 0 Å². The van der Waals surface area contributed by atoms with Crippen LogP contribution in [0.3, 0.4) is 0 Å². The van der Waals surface area contributed by atoms with E-state index in [0.717, 1.165) is 0 Å². The molecule has 0 rings (SSSR count). The summed E-state index contributed by atoms with van der Waals surface area (Å²) in [6, 6.07) is -1.75. The first-order valence-electron chi connectivity index (χ1n) is 5.37. The summed E-state index contributed by atoms with van der Waals surface area (Å²) in [5.74, 6) is -2.64. The molecular formula is C10H18FeN2O6S2. The number of amides is 2. The molecule has 0 fully saturated rings. The fourth-order valence-corrected chi connectivity index (χ4v) is 1.36. The normalized spacial score (nSPS) is 11.6. The Morgan fingerprint density at radius 2 is 1.10 bits per heavy atom. The molecule has 0 aromatic heterocycles. The van der Waals surface area contributed by atoms with E-state index in [1.807, 2.05) is 0 Å². The first-order chi connectivity index (χ1) is 9.15. The molecular weight excluding hydrogens is 364 g/mol. The van der Waals surface area contributed by atoms with E-state index in [1.165, 1.54) is 13.8 Å². The van der Waals surface area contributed by atoms with Crippen molar-refractivity contribution in [2.45, 2.75) is 25.9 Å². The summed E-state index contributed by atoms with van der Waals surface area (Å²) in [5.41, 5.74) is 0. The molecule has 4 N–H and O–H groups in total. The third-order valence-electron chi connectivity index (χ3n) is 1.72. The first-order valence-corrected chi connectivity index (χ1v) is 6.63. The Morgan fingerprint density at radius 1 is 0.857 bits per heavy atom. The molecule has 8 nitrogen and oxygen atoms in total. The van der Waals surface area contributed by atoms with Crippen molar-refractivity contribution in [2.24, 2.45) is 0 Å². The summed E-state index contributed by atoms with van der Waals surface area (Å²) in [7, 11) is 0. The maximum absolute atomic E-state index is 10.3. The van der Waals surface area contributed by atoms with Gasteiger partial charge in [-0.05, 0) is 0 Å². The number of carbonyl (C=O) groups is 4. The maximum atomic E-state index is 10.3. The Balaban J connectivity index is -0.000000295. The molecule has 0 bridgehead atoms. The van der Waals surface area contributed by atoms with Crippen LogP contribution >= 0.6 is 25.3 Å². The summed E-state index contributed by atoms with van der Waals surface area (Å²) in [5, 5.41) is 21.1. The van der Waals surface area contributed by atoms with Gasteiger partial charge in [0, 0.05) is 42.4 Å². The molecule has 124 valence electrons. The zero-order chi connectivity index (χ0) is 16.3. The molecule has 2 atom stereocenters. The van der Waals surface area contributed by atoms with E-state index in [-0.39, 0.29) is 40.4 Å². The van der Waals surface area contributed by atoms with E-state index < -0.39 is 24.0 Å². The molecule has 0 saturated carbocycles. The third-order valence-corrected chi connectivity index (χ3v) is 2.45. The summed E-state index contributed by atoms with van der Waals surface area (Å²) in [6.07, 6.45) is 0. The second kappa shape index (κ2) is 14.1. The summed E-state index contributed by atoms with van der Waals surface area (Å²) >= 11 is 7.47. The van der Waals surface area contributed by atoms with E-state index in [1.54, 1.807) is 0 Å². The minimum absolute atomic E-state index is 0. The van der Waals surface area contributed by atoms with Crippen molar-refractivity contribution in [3.8, 4) is 0 Å². The van der Waals surface area contributed by atoms with E-state index in [2.05, 4.69) is 35.9 Å². The number of carboxylic acid groups (broad SMARTS) is 2. The van der Waals surface area contributed by atoms with Gasteiger partial charge < -0.3 is 20.8 Å². The zero-order valence-corrected chi connectivity index (χ0v) is 14.2. The number of carboxylic acids is 2. The van der Waals surface area contributed by atoms with Gasteiger partial charge in [0.2, 0.25) is 11.8 Å². The molecule has 0 unspecified atom stereocenters. The topological polar surface area (TPSA) is 133 Å². The van der Waals surface area contributed by atoms with Crippen molar-refractivity contribution in [2.75, 3.05) is 11.5 Å². The van der Waals surface area contributed by atoms with E-state index >= 15 is 0 Å². The fourth-order valence-electron chi connectivity index (χ4n) is 0.862. The average molecular weight is 382 g/mol. The van der Waals surface area contributed by atoms with Gasteiger partial charge in [0.05, 0.1) is 0 Å². The van der Waals surface area contributed by atoms with Crippen molar-refractivity contribution < 1.29 is 46.5 Å². The van der Waals surface area contributed by atoms with E-state index in [4.69, 9.17) is 10.2 Å². The Labute approximate surface area is 143 Å². The standard InChI is InChI=1S/2C5H9NO3S.Fe/c2*1-3(7)6-4(2-10)5(8)9;/h2*4,10H,2H2,1H3,(H,6,7)(H,8,9);/t2*4-;/m00./s1. The van der Waals surface area contributed by atoms with Gasteiger partial charge in [-0.25, -0.2) is 9.59 Å². The molecule has 0 aliphatic heterocycles. The van der Waals surface area contributed by atoms with Gasteiger partial charge in [-0.15, -0.1) is 0 Å². The van der Waals surface area contributed by atoms with Crippen LogP contribution < -0.4 is 10.6 Å². The molecule has 0 aromatic rings. The van der Waals surface area contributed by atoms with Gasteiger partial charge in [-0.1, -0.05) is 0 Å². The zero-order valence-electron chi connectivity index (χ0n) is 11.3. The van der Waals surface area contributed by atoms with Crippen molar-refractivity contribution in [1.29, 1.82) is 0 Å². The van der Waals surface area contributed by atoms with Crippen LogP contribution in [0.1, 0.15) is 13.8 Å². The molecule has 0 aliphatic rings. The van der Waals surface area contributed by atoms with Crippen LogP contribution in [0.25, 0.3) is 0 Å². The number of rotatable bonds is 6. The van der Waals surface area contributed by atoms with E-state index in [9.17, 15) is 19.2 Å². The molecule has 0 saturated heterocycles. The predicted molar refractivity (Wildman–Crippen MR) is 78.2 cm³/mol. The number of hydrogen-bond acceptors (Lipinski definition) is 6. The molecule has 2 amide bonds. The van der Waals surface area contributed by atoms with Crippen molar-refractivity contribution in [3.05, 3.63) is 0 Å². The van der Waals surface area contributed by atoms with Crippen LogP contribution in [0, 0.1) is 0 Å². The third kappa shape index (κ3) is 15.3. The summed E-state index contributed by atoms with van der Waals surface area (Å²) < 4.78 is 0. The monoisotopic (exact) mass is 382 g/mol. The van der Waals surface area contributed by atoms with Gasteiger partial charge in [0.1, 0.15) is 12.1 Å². The largest absolute Gasteiger partial charge is 0.480 e. The molecule has 0 aliphatic carbocycles. The number of carbonyl (C=O) groups excluding carboxylic acids is 2. The summed E-state index contributed by atoms with van der Waals surface area (Å²) in [4.78, 5) is 41.0. The van der Waals surface area contributed by atoms with Gasteiger partial charge in [-0.2, -0.15) is 25.3 Å². The second-order valence-corrected chi connectivity index (χ2v) is 4.28. The smallest absolute Gasteiger partial charge is 0.327 e. The van der Waals surface area contributed by atoms with Crippen LogP contribution in [-0.2, 0) is 36.2 Å². The molecule has 11 heteroatoms. The van der Waals surface area contributed by atoms with Crippen LogP contribution in [0.2, 0.25) is 0 Å². The van der Waals surface area contributed by atoms with Crippen molar-refractivity contribution in [3.63, 3.8) is 0 Å². The second-order valence-electron chi connectivity index (χ2n) is 3.55. The first kappa shape index (κ1) is 25.1. The maximum Gasteiger partial charge on any atom is 0.327 e. The Bertz CT molecular complexity index is 335. The van der Waals surface area contributed by atoms with Gasteiger partial charge in [-0.3, -0.25) is 9.59 Å². The molecule has 0 heterocycles. The molecule has 0 aromatic carbocycles. The number of aliphatic carboxylic acids is 2. The van der Waals surface area contributed by atoms with Crippen LogP contribution in [0.5, 0.6) is 0 Å².